The molecule has 4 nitrogen and oxygen atoms in total. The van der Waals surface area contributed by atoms with Crippen molar-refractivity contribution < 1.29 is 19.1 Å². The van der Waals surface area contributed by atoms with Gasteiger partial charge in [0.1, 0.15) is 0 Å². The maximum Gasteiger partial charge on any atom is 0.333 e. The second kappa shape index (κ2) is 6.97. The zero-order chi connectivity index (χ0) is 18.1. The van der Waals surface area contributed by atoms with Crippen LogP contribution < -0.4 is 0 Å². The van der Waals surface area contributed by atoms with Crippen LogP contribution >= 0.6 is 0 Å². The van der Waals surface area contributed by atoms with Gasteiger partial charge in [-0.2, -0.15) is 0 Å². The summed E-state index contributed by atoms with van der Waals surface area (Å²) in [5.41, 5.74) is 0.960. The average molecular weight is 346 g/mol. The normalized spacial score (nSPS) is 35.2. The summed E-state index contributed by atoms with van der Waals surface area (Å²) in [5.74, 6) is 0.925. The molecule has 138 valence electrons. The van der Waals surface area contributed by atoms with Crippen LogP contribution in [0, 0.1) is 22.7 Å². The van der Waals surface area contributed by atoms with E-state index in [2.05, 4.69) is 13.2 Å². The van der Waals surface area contributed by atoms with E-state index in [1.54, 1.807) is 6.92 Å². The molecule has 0 aromatic rings. The van der Waals surface area contributed by atoms with E-state index in [-0.39, 0.29) is 22.8 Å². The molecule has 3 saturated carbocycles. The topological polar surface area (TPSA) is 52.6 Å². The highest BCUT2D eigenvalue weighted by molar-refractivity contribution is 5.86. The van der Waals surface area contributed by atoms with Gasteiger partial charge in [0.2, 0.25) is 0 Å². The summed E-state index contributed by atoms with van der Waals surface area (Å²) in [4.78, 5) is 23.1. The van der Waals surface area contributed by atoms with E-state index in [1.165, 1.54) is 44.6 Å². The Bertz CT molecular complexity index is 580. The second-order valence-electron chi connectivity index (χ2n) is 8.23. The summed E-state index contributed by atoms with van der Waals surface area (Å²) in [6, 6.07) is 0. The summed E-state index contributed by atoms with van der Waals surface area (Å²) in [6.07, 6.45) is 10.6. The standard InChI is InChI=1S/C21H30O4/c1-4-18(22)24-12-10-20-9-7-16(14-20)17-6-5-8-21(17,20)11-13-25-19(23)15(2)3/h4,16-17H,1-2,5-14H2,3H3. The van der Waals surface area contributed by atoms with Gasteiger partial charge in [0.25, 0.3) is 0 Å². The molecule has 25 heavy (non-hydrogen) atoms. The Morgan fingerprint density at radius 2 is 1.92 bits per heavy atom. The van der Waals surface area contributed by atoms with E-state index in [0.29, 0.717) is 18.8 Å². The number of esters is 2. The highest BCUT2D eigenvalue weighted by Gasteiger charge is 2.67. The quantitative estimate of drug-likeness (QED) is 0.488. The third-order valence-corrected chi connectivity index (χ3v) is 7.24. The van der Waals surface area contributed by atoms with Crippen molar-refractivity contribution in [3.8, 4) is 0 Å². The van der Waals surface area contributed by atoms with Crippen molar-refractivity contribution in [1.29, 1.82) is 0 Å². The molecular weight excluding hydrogens is 316 g/mol. The first-order valence-electron chi connectivity index (χ1n) is 9.56. The van der Waals surface area contributed by atoms with Crippen LogP contribution in [-0.2, 0) is 19.1 Å². The van der Waals surface area contributed by atoms with E-state index >= 15 is 0 Å². The number of hydrogen-bond acceptors (Lipinski definition) is 4. The first-order valence-corrected chi connectivity index (χ1v) is 9.56. The summed E-state index contributed by atoms with van der Waals surface area (Å²) in [7, 11) is 0. The van der Waals surface area contributed by atoms with E-state index < -0.39 is 0 Å². The Hall–Kier alpha value is -1.58. The predicted molar refractivity (Wildman–Crippen MR) is 95.7 cm³/mol. The van der Waals surface area contributed by atoms with E-state index in [1.807, 2.05) is 0 Å². The fourth-order valence-electron chi connectivity index (χ4n) is 6.31. The highest BCUT2D eigenvalue weighted by atomic mass is 16.5. The molecule has 4 atom stereocenters. The zero-order valence-corrected chi connectivity index (χ0v) is 15.4. The molecular formula is C21H30O4. The lowest BCUT2D eigenvalue weighted by molar-refractivity contribution is -0.143. The van der Waals surface area contributed by atoms with Crippen molar-refractivity contribution in [2.75, 3.05) is 13.2 Å². The van der Waals surface area contributed by atoms with Gasteiger partial charge in [-0.1, -0.05) is 19.6 Å². The molecule has 0 aliphatic heterocycles. The Morgan fingerprint density at radius 1 is 1.16 bits per heavy atom. The van der Waals surface area contributed by atoms with Crippen LogP contribution in [0.1, 0.15) is 58.3 Å². The maximum absolute atomic E-state index is 11.7. The van der Waals surface area contributed by atoms with Crippen LogP contribution in [0.15, 0.2) is 24.8 Å². The van der Waals surface area contributed by atoms with Gasteiger partial charge in [-0.3, -0.25) is 0 Å². The number of carbonyl (C=O) groups is 2. The molecule has 4 heteroatoms. The molecule has 0 heterocycles. The van der Waals surface area contributed by atoms with Crippen LogP contribution in [0.25, 0.3) is 0 Å². The van der Waals surface area contributed by atoms with Crippen LogP contribution in [0.5, 0.6) is 0 Å². The van der Waals surface area contributed by atoms with Gasteiger partial charge in [0.15, 0.2) is 0 Å². The fourth-order valence-corrected chi connectivity index (χ4v) is 6.31. The number of fused-ring (bicyclic) bond motifs is 5. The Morgan fingerprint density at radius 3 is 2.64 bits per heavy atom. The number of carbonyl (C=O) groups excluding carboxylic acids is 2. The maximum atomic E-state index is 11.7. The molecule has 4 unspecified atom stereocenters. The van der Waals surface area contributed by atoms with Crippen LogP contribution in [0.2, 0.25) is 0 Å². The molecule has 0 amide bonds. The molecule has 0 N–H and O–H groups in total. The van der Waals surface area contributed by atoms with Crippen molar-refractivity contribution in [3.05, 3.63) is 24.8 Å². The van der Waals surface area contributed by atoms with Crippen molar-refractivity contribution in [3.63, 3.8) is 0 Å². The number of rotatable bonds is 8. The van der Waals surface area contributed by atoms with E-state index in [4.69, 9.17) is 9.47 Å². The van der Waals surface area contributed by atoms with Crippen molar-refractivity contribution in [2.45, 2.75) is 58.3 Å². The van der Waals surface area contributed by atoms with Gasteiger partial charge < -0.3 is 9.47 Å². The van der Waals surface area contributed by atoms with Gasteiger partial charge >= 0.3 is 11.9 Å². The molecule has 0 radical (unpaired) electrons. The SMILES string of the molecule is C=CC(=O)OCCC12CCC(C1)C1CCCC12CCOC(=O)C(=C)C. The second-order valence-corrected chi connectivity index (χ2v) is 8.23. The third kappa shape index (κ3) is 3.04. The minimum absolute atomic E-state index is 0.246. The van der Waals surface area contributed by atoms with Gasteiger partial charge in [-0.25, -0.2) is 9.59 Å². The van der Waals surface area contributed by atoms with Crippen molar-refractivity contribution >= 4 is 11.9 Å². The third-order valence-electron chi connectivity index (χ3n) is 7.24. The lowest BCUT2D eigenvalue weighted by Gasteiger charge is -2.48. The fraction of sp³-hybridized carbons (Fsp3) is 0.714. The van der Waals surface area contributed by atoms with Gasteiger partial charge in [0.05, 0.1) is 13.2 Å². The van der Waals surface area contributed by atoms with Gasteiger partial charge in [-0.05, 0) is 74.5 Å². The van der Waals surface area contributed by atoms with E-state index in [9.17, 15) is 9.59 Å². The smallest absolute Gasteiger partial charge is 0.333 e. The predicted octanol–water partition coefficient (Wildman–Crippen LogP) is 4.20. The van der Waals surface area contributed by atoms with Crippen LogP contribution in [0.4, 0.5) is 0 Å². The van der Waals surface area contributed by atoms with Crippen molar-refractivity contribution in [1.82, 2.24) is 0 Å². The molecule has 0 spiro atoms. The summed E-state index contributed by atoms with van der Waals surface area (Å²) < 4.78 is 10.8. The van der Waals surface area contributed by atoms with Crippen LogP contribution in [-0.4, -0.2) is 25.2 Å². The first kappa shape index (κ1) is 18.2. The molecule has 0 saturated heterocycles. The summed E-state index contributed by atoms with van der Waals surface area (Å²) in [5, 5.41) is 0. The summed E-state index contributed by atoms with van der Waals surface area (Å²) >= 11 is 0. The molecule has 3 fully saturated rings. The van der Waals surface area contributed by atoms with Gasteiger partial charge in [-0.15, -0.1) is 0 Å². The molecule has 3 aliphatic rings. The Labute approximate surface area is 150 Å². The minimum Gasteiger partial charge on any atom is -0.463 e. The Balaban J connectivity index is 1.69. The van der Waals surface area contributed by atoms with Crippen LogP contribution in [0.3, 0.4) is 0 Å². The van der Waals surface area contributed by atoms with Gasteiger partial charge in [0, 0.05) is 11.6 Å². The lowest BCUT2D eigenvalue weighted by atomic mass is 9.56. The first-order chi connectivity index (χ1) is 11.9. The molecule has 0 aromatic carbocycles. The highest BCUT2D eigenvalue weighted by Crippen LogP contribution is 2.75. The molecule has 0 aromatic heterocycles. The zero-order valence-electron chi connectivity index (χ0n) is 15.4. The number of ether oxygens (including phenoxy) is 2. The lowest BCUT2D eigenvalue weighted by Crippen LogP contribution is -2.42. The average Bonchev–Trinajstić information content (AvgIpc) is 3.25. The summed E-state index contributed by atoms with van der Waals surface area (Å²) in [6.45, 7) is 9.75. The Kier molecular flexibility index (Phi) is 5.08. The molecule has 3 rings (SSSR count). The van der Waals surface area contributed by atoms with E-state index in [0.717, 1.165) is 24.7 Å². The molecule has 2 bridgehead atoms. The minimum atomic E-state index is -0.337. The number of hydrogen-bond donors (Lipinski definition) is 0. The van der Waals surface area contributed by atoms with Crippen molar-refractivity contribution in [2.24, 2.45) is 22.7 Å². The molecule has 3 aliphatic carbocycles. The monoisotopic (exact) mass is 346 g/mol. The largest absolute Gasteiger partial charge is 0.463 e.